The number of pyridine rings is 2. The summed E-state index contributed by atoms with van der Waals surface area (Å²) < 4.78 is 93.1. The maximum atomic E-state index is 13.7. The van der Waals surface area contributed by atoms with Gasteiger partial charge in [0.1, 0.15) is 35.3 Å². The van der Waals surface area contributed by atoms with Gasteiger partial charge in [-0.25, -0.2) is 43.4 Å². The standard InChI is InChI=1S/C97H149N17O32S.CO2/c1-73(115)98-26-5-3-15-83(92(123)124)108-88(117)25-37-132-46-54-140-57-59-142-61-63-144-65-66-145-64-62-143-60-58-141-55-47-133-39-30-99-90(120)81(107-87(116)24-36-131-45-53-139-56-52-138-44-35-114-72-86(110-111-114)75-11-8-12-77(67-75)105-95(129)100-27-6-4-16-84(93(125)126)109-96(130)101-29-10-18-89(118)119)14-2-7-28-102-97(147)106-76-21-19-74(20-22-76)23-38-146-80-68-79(104-85(69-80)94(127)128)71-113-33-42-136-50-48-134-40-31-112(32-41-135-49-51-137-43-34-113)70-78-13-9-17-82(103-78)91(121)122;2-1-3/h8-9,11-13,17,19-22,67-69,72,81,83-84H,2-7,10,14-16,18,23-66,70-71H2,1H3,(H,98,115)(H,99,120)(H,107,116)(H,108,117)(H,118,119)(H,121,122)(H,123,124)(H,125,126)(H,127,128)(H2,100,105,129)(H2,101,109,130)(H2,102,106,147);. The Morgan fingerprint density at radius 1 is 0.420 bits per heavy atom. The van der Waals surface area contributed by atoms with E-state index in [2.05, 4.69) is 83.2 Å². The van der Waals surface area contributed by atoms with E-state index in [0.29, 0.717) is 282 Å². The third kappa shape index (κ3) is 65.7. The molecule has 0 radical (unpaired) electrons. The summed E-state index contributed by atoms with van der Waals surface area (Å²) in [6.07, 6.45) is 6.32. The number of urea groups is 2. The molecule has 2 aromatic carbocycles. The van der Waals surface area contributed by atoms with E-state index in [1.165, 1.54) is 19.1 Å². The number of ether oxygens (including phenoxy) is 16. The van der Waals surface area contributed by atoms with Crippen LogP contribution in [0.3, 0.4) is 0 Å². The fraction of sp³-hybridized carbons (Fsp3) is 0.622. The van der Waals surface area contributed by atoms with Crippen molar-refractivity contribution in [3.05, 3.63) is 113 Å². The highest BCUT2D eigenvalue weighted by molar-refractivity contribution is 7.80. The number of benzene rings is 2. The highest BCUT2D eigenvalue weighted by Crippen LogP contribution is 2.22. The Kier molecular flexibility index (Phi) is 71.5. The largest absolute Gasteiger partial charge is 0.493 e. The van der Waals surface area contributed by atoms with E-state index in [1.807, 2.05) is 30.3 Å². The van der Waals surface area contributed by atoms with Gasteiger partial charge in [-0.3, -0.25) is 33.8 Å². The van der Waals surface area contributed by atoms with E-state index < -0.39 is 65.9 Å². The van der Waals surface area contributed by atoms with Crippen molar-refractivity contribution < 1.29 is 164 Å². The van der Waals surface area contributed by atoms with Crippen molar-refractivity contribution in [2.24, 2.45) is 0 Å². The van der Waals surface area contributed by atoms with Crippen LogP contribution in [0.2, 0.25) is 0 Å². The maximum absolute atomic E-state index is 13.7. The van der Waals surface area contributed by atoms with Crippen molar-refractivity contribution in [3.63, 3.8) is 0 Å². The van der Waals surface area contributed by atoms with Crippen LogP contribution in [0, 0.1) is 0 Å². The number of thiocarbonyl (C=S) groups is 1. The number of nitrogens with zero attached hydrogens (tertiary/aromatic N) is 7. The summed E-state index contributed by atoms with van der Waals surface area (Å²) in [4.78, 5) is 162. The molecule has 0 spiro atoms. The molecule has 1 fully saturated rings. The van der Waals surface area contributed by atoms with Crippen molar-refractivity contribution in [3.8, 4) is 17.0 Å². The van der Waals surface area contributed by atoms with E-state index in [0.717, 1.165) is 11.3 Å². The van der Waals surface area contributed by atoms with Crippen LogP contribution in [0.4, 0.5) is 21.0 Å². The smallest absolute Gasteiger partial charge is 0.373 e. The number of amides is 8. The predicted octanol–water partition coefficient (Wildman–Crippen LogP) is 3.06. The van der Waals surface area contributed by atoms with Crippen molar-refractivity contribution >= 4 is 100 Å². The Balaban J connectivity index is 0.0000130. The molecule has 3 aromatic heterocycles. The normalized spacial score (nSPS) is 13.4. The number of carbonyl (C=O) groups is 11. The molecular weight excluding hydrogens is 1990 g/mol. The number of aromatic carboxylic acids is 2. The Hall–Kier alpha value is -12.2. The second-order valence-corrected chi connectivity index (χ2v) is 33.7. The zero-order valence-electron chi connectivity index (χ0n) is 85.2. The number of carboxylic acid groups (broad SMARTS) is 5. The topological polar surface area (TPSA) is 654 Å². The van der Waals surface area contributed by atoms with Gasteiger partial charge in [0.2, 0.25) is 23.6 Å². The van der Waals surface area contributed by atoms with Gasteiger partial charge in [0, 0.05) is 134 Å². The van der Waals surface area contributed by atoms with Crippen molar-refractivity contribution in [1.29, 1.82) is 0 Å². The summed E-state index contributed by atoms with van der Waals surface area (Å²) in [5.41, 5.74) is 4.38. The van der Waals surface area contributed by atoms with Crippen LogP contribution in [0.25, 0.3) is 11.3 Å². The summed E-state index contributed by atoms with van der Waals surface area (Å²) in [5, 5.41) is 83.7. The molecule has 6 rings (SSSR count). The number of unbranched alkanes of at least 4 members (excludes halogenated alkanes) is 3. The minimum Gasteiger partial charge on any atom is -0.493 e. The molecule has 4 heterocycles. The van der Waals surface area contributed by atoms with Gasteiger partial charge in [-0.15, -0.1) is 5.10 Å². The SMILES string of the molecule is CC(=O)NCCCCC(NC(=O)CCOCCOCCOCCOCCOCCOCCOCCOCCNC(=O)C(CCCCNC(=S)Nc1ccc(CCOc2cc(CN3CCOCCOCCN(Cc4cccc(C(=O)O)n4)CCOCCOCC3)nc(C(=O)O)c2)cc1)NC(=O)CCOCCOCCOCCn1cc(-c2cccc(NC(=O)NCCCCC(NC(=O)NCCCC(=O)O)C(=O)O)c2)nn1)C(=O)O.O=C=O. The molecule has 3 unspecified atom stereocenters. The lowest BCUT2D eigenvalue weighted by Gasteiger charge is -2.23. The molecule has 0 bridgehead atoms. The van der Waals surface area contributed by atoms with Gasteiger partial charge < -0.3 is 154 Å². The first-order valence-electron chi connectivity index (χ1n) is 50.0. The van der Waals surface area contributed by atoms with Crippen LogP contribution in [-0.4, -0.2) is 419 Å². The van der Waals surface area contributed by atoms with E-state index in [9.17, 15) is 73.2 Å². The second-order valence-electron chi connectivity index (χ2n) is 33.3. The summed E-state index contributed by atoms with van der Waals surface area (Å²) in [6, 6.07) is 18.5. The molecule has 0 saturated carbocycles. The molecule has 0 aliphatic carbocycles. The Morgan fingerprint density at radius 3 is 1.37 bits per heavy atom. The molecule has 150 heavy (non-hydrogen) atoms. The molecule has 5 aromatic rings. The highest BCUT2D eigenvalue weighted by Gasteiger charge is 2.25. The molecule has 15 N–H and O–H groups in total. The fourth-order valence-corrected chi connectivity index (χ4v) is 13.9. The van der Waals surface area contributed by atoms with E-state index in [-0.39, 0.29) is 166 Å². The number of rotatable bonds is 77. The maximum Gasteiger partial charge on any atom is 0.373 e. The molecule has 1 aliphatic rings. The lowest BCUT2D eigenvalue weighted by molar-refractivity contribution is -0.192. The van der Waals surface area contributed by atoms with E-state index in [1.54, 1.807) is 47.3 Å². The van der Waals surface area contributed by atoms with Gasteiger partial charge in [0.05, 0.1) is 229 Å². The molecule has 52 heteroatoms. The lowest BCUT2D eigenvalue weighted by Crippen LogP contribution is -2.47. The van der Waals surface area contributed by atoms with Gasteiger partial charge >= 0.3 is 48.1 Å². The van der Waals surface area contributed by atoms with E-state index >= 15 is 0 Å². The molecule has 3 atom stereocenters. The molecular formula is C98H149N17O34S. The molecule has 1 saturated heterocycles. The number of carboxylic acids is 5. The molecule has 836 valence electrons. The van der Waals surface area contributed by atoms with Gasteiger partial charge in [-0.1, -0.05) is 35.5 Å². The number of hydrogen-bond acceptors (Lipinski definition) is 36. The van der Waals surface area contributed by atoms with Crippen LogP contribution in [0.15, 0.2) is 85.1 Å². The first-order valence-corrected chi connectivity index (χ1v) is 50.5. The zero-order chi connectivity index (χ0) is 108. The van der Waals surface area contributed by atoms with Crippen LogP contribution in [0.1, 0.15) is 128 Å². The van der Waals surface area contributed by atoms with Gasteiger partial charge in [0.15, 0.2) is 10.8 Å². The number of anilines is 2. The van der Waals surface area contributed by atoms with Crippen molar-refractivity contribution in [2.45, 2.75) is 135 Å². The Bertz CT molecular complexity index is 4670. The minimum atomic E-state index is -1.22. The lowest BCUT2D eigenvalue weighted by atomic mass is 10.1. The predicted molar refractivity (Wildman–Crippen MR) is 541 cm³/mol. The average Bonchev–Trinajstić information content (AvgIpc) is 1.74. The Morgan fingerprint density at radius 2 is 0.867 bits per heavy atom. The van der Waals surface area contributed by atoms with Crippen molar-refractivity contribution in [2.75, 3.05) is 274 Å². The number of hydrogen-bond donors (Lipinski definition) is 15. The second kappa shape index (κ2) is 83.6. The van der Waals surface area contributed by atoms with Gasteiger partial charge in [-0.2, -0.15) is 9.59 Å². The third-order valence-corrected chi connectivity index (χ3v) is 21.6. The van der Waals surface area contributed by atoms with Crippen LogP contribution < -0.4 is 57.9 Å². The monoisotopic (exact) mass is 2140 g/mol. The van der Waals surface area contributed by atoms with Gasteiger partial charge in [0.25, 0.3) is 0 Å². The molecule has 51 nitrogen and oxygen atoms in total. The minimum absolute atomic E-state index is 0.00753. The van der Waals surface area contributed by atoms with Crippen LogP contribution in [0.5, 0.6) is 5.75 Å². The quantitative estimate of drug-likeness (QED) is 0.0196. The number of aliphatic carboxylic acids is 3. The van der Waals surface area contributed by atoms with Crippen LogP contribution >= 0.6 is 12.2 Å². The molecule has 8 amide bonds. The van der Waals surface area contributed by atoms with E-state index in [4.69, 9.17) is 103 Å². The van der Waals surface area contributed by atoms with Crippen LogP contribution in [-0.2, 0) is 140 Å². The average molecular weight is 2140 g/mol. The fourth-order valence-electron chi connectivity index (χ4n) is 13.7. The zero-order valence-corrected chi connectivity index (χ0v) is 86.1. The number of nitrogens with one attached hydrogen (secondary N) is 10. The first-order chi connectivity index (χ1) is 72.9. The Labute approximate surface area is 876 Å². The number of aromatic nitrogens is 5. The summed E-state index contributed by atoms with van der Waals surface area (Å²) in [5.74, 6) is -6.62. The third-order valence-electron chi connectivity index (χ3n) is 21.4. The molecule has 1 aliphatic heterocycles. The van der Waals surface area contributed by atoms with Crippen molar-refractivity contribution in [1.82, 2.24) is 77.3 Å². The summed E-state index contributed by atoms with van der Waals surface area (Å²) in [7, 11) is 0. The summed E-state index contributed by atoms with van der Waals surface area (Å²) in [6.45, 7) is 15.6. The highest BCUT2D eigenvalue weighted by atomic mass is 32.1. The van der Waals surface area contributed by atoms with Gasteiger partial charge in [-0.05, 0) is 118 Å². The first kappa shape index (κ1) is 128. The summed E-state index contributed by atoms with van der Waals surface area (Å²) >= 11 is 5.65. The number of carbonyl (C=O) groups excluding carboxylic acids is 8.